The van der Waals surface area contributed by atoms with Crippen LogP contribution in [0.3, 0.4) is 0 Å². The zero-order valence-corrected chi connectivity index (χ0v) is 12.9. The number of rotatable bonds is 6. The summed E-state index contributed by atoms with van der Waals surface area (Å²) in [5.74, 6) is 0.968. The summed E-state index contributed by atoms with van der Waals surface area (Å²) < 4.78 is 5.21. The molecule has 20 heavy (non-hydrogen) atoms. The molecule has 2 aromatic rings. The molecule has 5 nitrogen and oxygen atoms in total. The van der Waals surface area contributed by atoms with E-state index in [0.29, 0.717) is 39.9 Å². The highest BCUT2D eigenvalue weighted by Gasteiger charge is 2.14. The Morgan fingerprint density at radius 1 is 1.40 bits per heavy atom. The predicted molar refractivity (Wildman–Crippen MR) is 79.0 cm³/mol. The molecule has 0 aliphatic heterocycles. The zero-order valence-electron chi connectivity index (χ0n) is 11.4. The minimum absolute atomic E-state index is 0.387. The molecule has 0 fully saturated rings. The van der Waals surface area contributed by atoms with Crippen molar-refractivity contribution >= 4 is 23.2 Å². The minimum Gasteiger partial charge on any atom is -0.339 e. The van der Waals surface area contributed by atoms with Crippen molar-refractivity contribution in [3.63, 3.8) is 0 Å². The van der Waals surface area contributed by atoms with Gasteiger partial charge in [-0.1, -0.05) is 35.3 Å². The van der Waals surface area contributed by atoms with Gasteiger partial charge in [0.25, 0.3) is 0 Å². The van der Waals surface area contributed by atoms with Crippen LogP contribution in [0.2, 0.25) is 10.0 Å². The summed E-state index contributed by atoms with van der Waals surface area (Å²) in [5.41, 5.74) is 0.478. The van der Waals surface area contributed by atoms with Crippen LogP contribution in [-0.2, 0) is 6.42 Å². The lowest BCUT2D eigenvalue weighted by Crippen LogP contribution is -2.25. The van der Waals surface area contributed by atoms with Crippen molar-refractivity contribution in [1.82, 2.24) is 20.4 Å². The Hall–Kier alpha value is -1.17. The van der Waals surface area contributed by atoms with Gasteiger partial charge in [0.1, 0.15) is 5.69 Å². The van der Waals surface area contributed by atoms with E-state index >= 15 is 0 Å². The lowest BCUT2D eigenvalue weighted by Gasteiger charge is -2.09. The van der Waals surface area contributed by atoms with Crippen LogP contribution in [0, 0.1) is 0 Å². The molecule has 7 heteroatoms. The van der Waals surface area contributed by atoms with Gasteiger partial charge in [0.15, 0.2) is 0 Å². The van der Waals surface area contributed by atoms with Gasteiger partial charge in [-0.3, -0.25) is 0 Å². The molecule has 0 aromatic carbocycles. The van der Waals surface area contributed by atoms with Crippen molar-refractivity contribution in [2.24, 2.45) is 0 Å². The Bertz CT molecular complexity index is 573. The molecule has 0 aliphatic carbocycles. The van der Waals surface area contributed by atoms with E-state index in [1.807, 2.05) is 0 Å². The molecule has 1 atom stereocenters. The second-order valence-electron chi connectivity index (χ2n) is 4.49. The summed E-state index contributed by atoms with van der Waals surface area (Å²) in [7, 11) is 0. The van der Waals surface area contributed by atoms with E-state index in [2.05, 4.69) is 34.3 Å². The first-order valence-corrected chi connectivity index (χ1v) is 7.23. The second kappa shape index (κ2) is 7.02. The molecule has 0 spiro atoms. The maximum atomic E-state index is 6.06. The predicted octanol–water partition coefficient (Wildman–Crippen LogP) is 3.37. The van der Waals surface area contributed by atoms with Crippen LogP contribution in [-0.4, -0.2) is 27.7 Å². The number of halogens is 2. The molecule has 108 valence electrons. The van der Waals surface area contributed by atoms with Gasteiger partial charge < -0.3 is 9.84 Å². The lowest BCUT2D eigenvalue weighted by molar-refractivity contribution is 0.368. The van der Waals surface area contributed by atoms with Gasteiger partial charge in [0.2, 0.25) is 11.7 Å². The standard InChI is InChI=1S/C13H16Cl2N4O/c1-3-16-8(2)4-5-11-18-13(19-20-11)12-10(15)6-9(14)7-17-12/h6-8,16H,3-5H2,1-2H3. The van der Waals surface area contributed by atoms with Crippen LogP contribution in [0.25, 0.3) is 11.5 Å². The maximum absolute atomic E-state index is 6.06. The van der Waals surface area contributed by atoms with Crippen LogP contribution in [0.5, 0.6) is 0 Å². The highest BCUT2D eigenvalue weighted by Crippen LogP contribution is 2.25. The van der Waals surface area contributed by atoms with Crippen molar-refractivity contribution in [2.75, 3.05) is 6.54 Å². The molecule has 0 saturated carbocycles. The minimum atomic E-state index is 0.387. The lowest BCUT2D eigenvalue weighted by atomic mass is 10.2. The number of nitrogens with one attached hydrogen (secondary N) is 1. The molecule has 0 amide bonds. The first-order valence-electron chi connectivity index (χ1n) is 6.47. The van der Waals surface area contributed by atoms with Gasteiger partial charge in [-0.05, 0) is 26.0 Å². The Labute approximate surface area is 127 Å². The van der Waals surface area contributed by atoms with Gasteiger partial charge in [-0.15, -0.1) is 0 Å². The van der Waals surface area contributed by atoms with Crippen molar-refractivity contribution in [1.29, 1.82) is 0 Å². The highest BCUT2D eigenvalue weighted by atomic mass is 35.5. The van der Waals surface area contributed by atoms with Crippen molar-refractivity contribution in [3.05, 3.63) is 28.2 Å². The molecule has 2 aromatic heterocycles. The number of aromatic nitrogens is 3. The van der Waals surface area contributed by atoms with Crippen LogP contribution >= 0.6 is 23.2 Å². The van der Waals surface area contributed by atoms with Crippen LogP contribution in [0.4, 0.5) is 0 Å². The summed E-state index contributed by atoms with van der Waals surface area (Å²) in [6.07, 6.45) is 3.15. The smallest absolute Gasteiger partial charge is 0.227 e. The second-order valence-corrected chi connectivity index (χ2v) is 5.34. The molecule has 0 radical (unpaired) electrons. The quantitative estimate of drug-likeness (QED) is 0.885. The Morgan fingerprint density at radius 2 is 2.20 bits per heavy atom. The third kappa shape index (κ3) is 3.91. The van der Waals surface area contributed by atoms with Gasteiger partial charge in [0.05, 0.1) is 10.0 Å². The number of pyridine rings is 1. The summed E-state index contributed by atoms with van der Waals surface area (Å²) in [6.45, 7) is 5.15. The fraction of sp³-hybridized carbons (Fsp3) is 0.462. The largest absolute Gasteiger partial charge is 0.339 e. The SMILES string of the molecule is CCNC(C)CCc1nc(-c2ncc(Cl)cc2Cl)no1. The Balaban J connectivity index is 2.05. The third-order valence-corrected chi connectivity index (χ3v) is 3.33. The van der Waals surface area contributed by atoms with E-state index in [-0.39, 0.29) is 0 Å². The van der Waals surface area contributed by atoms with Gasteiger partial charge >= 0.3 is 0 Å². The number of nitrogens with zero attached hydrogens (tertiary/aromatic N) is 3. The third-order valence-electron chi connectivity index (χ3n) is 2.83. The first kappa shape index (κ1) is 15.2. The first-order chi connectivity index (χ1) is 9.60. The van der Waals surface area contributed by atoms with E-state index in [9.17, 15) is 0 Å². The molecule has 2 rings (SSSR count). The summed E-state index contributed by atoms with van der Waals surface area (Å²) in [5, 5.41) is 8.12. The van der Waals surface area contributed by atoms with E-state index in [4.69, 9.17) is 27.7 Å². The number of hydrogen-bond donors (Lipinski definition) is 1. The number of hydrogen-bond acceptors (Lipinski definition) is 5. The maximum Gasteiger partial charge on any atom is 0.227 e. The molecule has 1 unspecified atom stereocenters. The van der Waals surface area contributed by atoms with E-state index < -0.39 is 0 Å². The number of aryl methyl sites for hydroxylation is 1. The van der Waals surface area contributed by atoms with E-state index in [1.54, 1.807) is 6.07 Å². The zero-order chi connectivity index (χ0) is 14.5. The van der Waals surface area contributed by atoms with E-state index in [1.165, 1.54) is 6.20 Å². The van der Waals surface area contributed by atoms with Crippen LogP contribution in [0.15, 0.2) is 16.8 Å². The topological polar surface area (TPSA) is 63.8 Å². The molecule has 0 saturated heterocycles. The highest BCUT2D eigenvalue weighted by molar-refractivity contribution is 6.35. The van der Waals surface area contributed by atoms with E-state index in [0.717, 1.165) is 13.0 Å². The van der Waals surface area contributed by atoms with Crippen LogP contribution in [0.1, 0.15) is 26.2 Å². The van der Waals surface area contributed by atoms with Crippen LogP contribution < -0.4 is 5.32 Å². The molecular weight excluding hydrogens is 299 g/mol. The molecular formula is C13H16Cl2N4O. The van der Waals surface area contributed by atoms with Gasteiger partial charge in [-0.25, -0.2) is 4.98 Å². The average molecular weight is 315 g/mol. The summed E-state index contributed by atoms with van der Waals surface area (Å²) >= 11 is 11.9. The Morgan fingerprint density at radius 3 is 2.90 bits per heavy atom. The van der Waals surface area contributed by atoms with Crippen molar-refractivity contribution < 1.29 is 4.52 Å². The monoisotopic (exact) mass is 314 g/mol. The molecule has 1 N–H and O–H groups in total. The van der Waals surface area contributed by atoms with Crippen molar-refractivity contribution in [2.45, 2.75) is 32.7 Å². The normalized spacial score (nSPS) is 12.6. The molecule has 0 aliphatic rings. The van der Waals surface area contributed by atoms with Crippen molar-refractivity contribution in [3.8, 4) is 11.5 Å². The average Bonchev–Trinajstić information content (AvgIpc) is 2.85. The summed E-state index contributed by atoms with van der Waals surface area (Å²) in [4.78, 5) is 8.43. The van der Waals surface area contributed by atoms with Gasteiger partial charge in [-0.2, -0.15) is 4.98 Å². The molecule has 0 bridgehead atoms. The van der Waals surface area contributed by atoms with Gasteiger partial charge in [0, 0.05) is 18.7 Å². The summed E-state index contributed by atoms with van der Waals surface area (Å²) in [6, 6.07) is 2.02. The Kier molecular flexibility index (Phi) is 5.34. The fourth-order valence-corrected chi connectivity index (χ4v) is 2.29. The fourth-order valence-electron chi connectivity index (χ4n) is 1.82. The molecule has 2 heterocycles.